The van der Waals surface area contributed by atoms with Gasteiger partial charge in [0.2, 0.25) is 0 Å². The number of nitrogens with one attached hydrogen (secondary N) is 2. The minimum absolute atomic E-state index is 0.132. The molecule has 0 fully saturated rings. The first-order chi connectivity index (χ1) is 14.0. The predicted molar refractivity (Wildman–Crippen MR) is 119 cm³/mol. The van der Waals surface area contributed by atoms with Gasteiger partial charge in [0.1, 0.15) is 10.8 Å². The van der Waals surface area contributed by atoms with Crippen LogP contribution in [0.5, 0.6) is 0 Å². The largest absolute Gasteiger partial charge is 0.459 e. The molecule has 0 bridgehead atoms. The number of nitrogens with zero attached hydrogens (tertiary/aromatic N) is 1. The second-order valence-electron chi connectivity index (χ2n) is 6.81. The molecule has 1 amide bonds. The average molecular weight is 424 g/mol. The number of carbonyl (C=O) groups is 1. The summed E-state index contributed by atoms with van der Waals surface area (Å²) < 4.78 is 5.25. The van der Waals surface area contributed by atoms with E-state index in [2.05, 4.69) is 46.3 Å². The van der Waals surface area contributed by atoms with Crippen LogP contribution >= 0.6 is 22.7 Å². The molecule has 148 valence electrons. The summed E-state index contributed by atoms with van der Waals surface area (Å²) in [5.41, 5.74) is 4.47. The fourth-order valence-electron chi connectivity index (χ4n) is 3.18. The molecule has 4 aromatic rings. The van der Waals surface area contributed by atoms with Crippen LogP contribution in [0.1, 0.15) is 43.7 Å². The molecule has 4 heterocycles. The highest BCUT2D eigenvalue weighted by Crippen LogP contribution is 2.41. The number of hydrogen-bond donors (Lipinski definition) is 2. The molecule has 0 aliphatic rings. The summed E-state index contributed by atoms with van der Waals surface area (Å²) in [5, 5.41) is 11.6. The molecule has 0 aromatic carbocycles. The number of amides is 1. The SMILES string of the molecule is Cc1ccnc(N[C@@H](c2ccsc2)c2c(NC(=O)c3ccco3)sc(C)c2C)c1. The van der Waals surface area contributed by atoms with Crippen molar-refractivity contribution in [1.82, 2.24) is 4.98 Å². The van der Waals surface area contributed by atoms with Crippen LogP contribution in [-0.4, -0.2) is 10.9 Å². The lowest BCUT2D eigenvalue weighted by atomic mass is 9.98. The Balaban J connectivity index is 1.75. The number of hydrogen-bond acceptors (Lipinski definition) is 6. The molecular formula is C22H21N3O2S2. The van der Waals surface area contributed by atoms with Gasteiger partial charge in [-0.3, -0.25) is 4.79 Å². The Bertz CT molecular complexity index is 1120. The Kier molecular flexibility index (Phi) is 5.51. The highest BCUT2D eigenvalue weighted by molar-refractivity contribution is 7.16. The second-order valence-corrected chi connectivity index (χ2v) is 8.81. The van der Waals surface area contributed by atoms with Crippen LogP contribution in [-0.2, 0) is 0 Å². The van der Waals surface area contributed by atoms with Crippen molar-refractivity contribution in [2.75, 3.05) is 10.6 Å². The van der Waals surface area contributed by atoms with Crippen molar-refractivity contribution in [3.63, 3.8) is 0 Å². The van der Waals surface area contributed by atoms with Crippen molar-refractivity contribution in [2.24, 2.45) is 0 Å². The van der Waals surface area contributed by atoms with E-state index in [4.69, 9.17) is 4.42 Å². The Morgan fingerprint density at radius 3 is 2.76 bits per heavy atom. The monoisotopic (exact) mass is 423 g/mol. The second kappa shape index (κ2) is 8.23. The third kappa shape index (κ3) is 4.11. The zero-order valence-electron chi connectivity index (χ0n) is 16.4. The van der Waals surface area contributed by atoms with Gasteiger partial charge in [0.15, 0.2) is 5.76 Å². The van der Waals surface area contributed by atoms with E-state index >= 15 is 0 Å². The van der Waals surface area contributed by atoms with E-state index in [1.54, 1.807) is 41.0 Å². The highest BCUT2D eigenvalue weighted by atomic mass is 32.1. The third-order valence-corrected chi connectivity index (χ3v) is 6.62. The van der Waals surface area contributed by atoms with Crippen LogP contribution in [0.2, 0.25) is 0 Å². The molecule has 5 nitrogen and oxygen atoms in total. The maximum Gasteiger partial charge on any atom is 0.291 e. The molecule has 7 heteroatoms. The van der Waals surface area contributed by atoms with Crippen molar-refractivity contribution in [3.8, 4) is 0 Å². The van der Waals surface area contributed by atoms with Crippen molar-refractivity contribution in [3.05, 3.63) is 86.4 Å². The number of furan rings is 1. The Morgan fingerprint density at radius 2 is 2.07 bits per heavy atom. The number of aryl methyl sites for hydroxylation is 2. The molecule has 0 spiro atoms. The smallest absolute Gasteiger partial charge is 0.291 e. The molecule has 1 atom stereocenters. The van der Waals surface area contributed by atoms with Crippen LogP contribution < -0.4 is 10.6 Å². The standard InChI is InChI=1S/C22H21N3O2S2/c1-13-6-8-23-18(11-13)24-20(16-7-10-28-12-16)19-14(2)15(3)29-22(19)25-21(26)17-5-4-9-27-17/h4-12,20H,1-3H3,(H,23,24)(H,25,26)/t20-/m0/s1. The molecular weight excluding hydrogens is 402 g/mol. The number of thiophene rings is 2. The summed E-state index contributed by atoms with van der Waals surface area (Å²) in [4.78, 5) is 18.3. The Morgan fingerprint density at radius 1 is 1.21 bits per heavy atom. The molecule has 0 aliphatic heterocycles. The van der Waals surface area contributed by atoms with Crippen LogP contribution in [0.15, 0.2) is 58.0 Å². The molecule has 29 heavy (non-hydrogen) atoms. The topological polar surface area (TPSA) is 67.2 Å². The number of pyridine rings is 1. The van der Waals surface area contributed by atoms with E-state index in [0.717, 1.165) is 37.9 Å². The maximum absolute atomic E-state index is 12.6. The molecule has 0 radical (unpaired) electrons. The summed E-state index contributed by atoms with van der Waals surface area (Å²) >= 11 is 3.22. The summed E-state index contributed by atoms with van der Waals surface area (Å²) in [5.74, 6) is 0.836. The van der Waals surface area contributed by atoms with Gasteiger partial charge in [0.25, 0.3) is 5.91 Å². The highest BCUT2D eigenvalue weighted by Gasteiger charge is 2.26. The fraction of sp³-hybridized carbons (Fsp3) is 0.182. The normalized spacial score (nSPS) is 12.0. The molecule has 2 N–H and O–H groups in total. The van der Waals surface area contributed by atoms with E-state index in [0.29, 0.717) is 5.76 Å². The molecule has 0 aliphatic carbocycles. The van der Waals surface area contributed by atoms with Gasteiger partial charge in [0, 0.05) is 16.6 Å². The van der Waals surface area contributed by atoms with Gasteiger partial charge in [-0.25, -0.2) is 4.98 Å². The first-order valence-corrected chi connectivity index (χ1v) is 10.9. The maximum atomic E-state index is 12.6. The van der Waals surface area contributed by atoms with Gasteiger partial charge >= 0.3 is 0 Å². The summed E-state index contributed by atoms with van der Waals surface area (Å²) in [7, 11) is 0. The van der Waals surface area contributed by atoms with Crippen LogP contribution in [0, 0.1) is 20.8 Å². The summed E-state index contributed by atoms with van der Waals surface area (Å²) in [6.07, 6.45) is 3.30. The number of rotatable bonds is 6. The number of anilines is 2. The number of aromatic nitrogens is 1. The van der Waals surface area contributed by atoms with Gasteiger partial charge in [-0.15, -0.1) is 11.3 Å². The van der Waals surface area contributed by atoms with Crippen LogP contribution in [0.3, 0.4) is 0 Å². The minimum atomic E-state index is -0.254. The van der Waals surface area contributed by atoms with Gasteiger partial charge in [-0.05, 0) is 78.6 Å². The number of carbonyl (C=O) groups excluding carboxylic acids is 1. The lowest BCUT2D eigenvalue weighted by Crippen LogP contribution is -2.17. The van der Waals surface area contributed by atoms with E-state index in [9.17, 15) is 4.79 Å². The zero-order chi connectivity index (χ0) is 20.4. The molecule has 4 aromatic heterocycles. The summed E-state index contributed by atoms with van der Waals surface area (Å²) in [6, 6.07) is 9.33. The molecule has 0 saturated carbocycles. The molecule has 0 saturated heterocycles. The lowest BCUT2D eigenvalue weighted by Gasteiger charge is -2.21. The molecule has 4 rings (SSSR count). The van der Waals surface area contributed by atoms with Crippen molar-refractivity contribution < 1.29 is 9.21 Å². The van der Waals surface area contributed by atoms with E-state index < -0.39 is 0 Å². The lowest BCUT2D eigenvalue weighted by molar-refractivity contribution is 0.0997. The van der Waals surface area contributed by atoms with Crippen LogP contribution in [0.25, 0.3) is 0 Å². The zero-order valence-corrected chi connectivity index (χ0v) is 18.0. The van der Waals surface area contributed by atoms with Gasteiger partial charge in [-0.2, -0.15) is 11.3 Å². The van der Waals surface area contributed by atoms with E-state index in [-0.39, 0.29) is 11.9 Å². The van der Waals surface area contributed by atoms with E-state index in [1.807, 2.05) is 19.1 Å². The molecule has 0 unspecified atom stereocenters. The Labute approximate surface area is 177 Å². The first-order valence-electron chi connectivity index (χ1n) is 9.19. The third-order valence-electron chi connectivity index (χ3n) is 4.78. The van der Waals surface area contributed by atoms with Gasteiger partial charge in [0.05, 0.1) is 12.3 Å². The fourth-order valence-corrected chi connectivity index (χ4v) is 4.96. The quantitative estimate of drug-likeness (QED) is 0.389. The van der Waals surface area contributed by atoms with Gasteiger partial charge in [-0.1, -0.05) is 0 Å². The predicted octanol–water partition coefficient (Wildman–Crippen LogP) is 6.18. The van der Waals surface area contributed by atoms with E-state index in [1.165, 1.54) is 6.26 Å². The van der Waals surface area contributed by atoms with Gasteiger partial charge < -0.3 is 15.1 Å². The Hall–Kier alpha value is -2.90. The van der Waals surface area contributed by atoms with Crippen molar-refractivity contribution in [2.45, 2.75) is 26.8 Å². The first kappa shape index (κ1) is 19.4. The summed E-state index contributed by atoms with van der Waals surface area (Å²) in [6.45, 7) is 6.21. The average Bonchev–Trinajstić information content (AvgIpc) is 3.44. The van der Waals surface area contributed by atoms with Crippen LogP contribution in [0.4, 0.5) is 10.8 Å². The van der Waals surface area contributed by atoms with Crippen molar-refractivity contribution in [1.29, 1.82) is 0 Å². The van der Waals surface area contributed by atoms with Crippen molar-refractivity contribution >= 4 is 39.4 Å². The minimum Gasteiger partial charge on any atom is -0.459 e.